The topological polar surface area (TPSA) is 117 Å². The number of likely N-dealkylation sites (tertiary alicyclic amines) is 1. The predicted octanol–water partition coefficient (Wildman–Crippen LogP) is 4.57. The van der Waals surface area contributed by atoms with Crippen molar-refractivity contribution in [2.45, 2.75) is 77.2 Å². The fourth-order valence-electron chi connectivity index (χ4n) is 6.43. The SMILES string of the molecule is CCOC(=O)C1(C2CCCCC2)CCN(C(=O)C(Cc2ccc(OC)cc2)N(S)C(=O)NCCCc2cnc[nH]2)CC1. The summed E-state index contributed by atoms with van der Waals surface area (Å²) in [6.45, 7) is 3.52. The molecule has 1 atom stereocenters. The number of thiol groups is 1. The van der Waals surface area contributed by atoms with Gasteiger partial charge in [0.15, 0.2) is 0 Å². The lowest BCUT2D eigenvalue weighted by molar-refractivity contribution is -0.166. The van der Waals surface area contributed by atoms with Crippen LogP contribution >= 0.6 is 12.8 Å². The minimum absolute atomic E-state index is 0.121. The molecule has 1 aliphatic heterocycles. The molecular formula is C31H45N5O5S. The maximum absolute atomic E-state index is 14.0. The second kappa shape index (κ2) is 15.3. The van der Waals surface area contributed by atoms with Gasteiger partial charge in [-0.3, -0.25) is 13.9 Å². The zero-order valence-electron chi connectivity index (χ0n) is 24.8. The molecule has 2 heterocycles. The van der Waals surface area contributed by atoms with Crippen LogP contribution in [0.25, 0.3) is 0 Å². The smallest absolute Gasteiger partial charge is 0.327 e. The Morgan fingerprint density at radius 3 is 2.50 bits per heavy atom. The van der Waals surface area contributed by atoms with Gasteiger partial charge in [0.25, 0.3) is 0 Å². The van der Waals surface area contributed by atoms with E-state index in [2.05, 4.69) is 28.1 Å². The van der Waals surface area contributed by atoms with Gasteiger partial charge >= 0.3 is 12.0 Å². The van der Waals surface area contributed by atoms with E-state index in [1.807, 2.05) is 31.2 Å². The summed E-state index contributed by atoms with van der Waals surface area (Å²) in [5.41, 5.74) is 1.34. The minimum Gasteiger partial charge on any atom is -0.497 e. The fourth-order valence-corrected chi connectivity index (χ4v) is 6.68. The first-order valence-corrected chi connectivity index (χ1v) is 15.6. The third kappa shape index (κ3) is 7.79. The summed E-state index contributed by atoms with van der Waals surface area (Å²) in [7, 11) is 1.60. The monoisotopic (exact) mass is 599 g/mol. The van der Waals surface area contributed by atoms with Crippen molar-refractivity contribution in [3.8, 4) is 5.75 Å². The quantitative estimate of drug-likeness (QED) is 0.187. The Labute approximate surface area is 254 Å². The molecule has 10 nitrogen and oxygen atoms in total. The van der Waals surface area contributed by atoms with Crippen LogP contribution in [-0.4, -0.2) is 76.5 Å². The van der Waals surface area contributed by atoms with Crippen molar-refractivity contribution in [3.63, 3.8) is 0 Å². The van der Waals surface area contributed by atoms with Crippen LogP contribution in [0.3, 0.4) is 0 Å². The lowest BCUT2D eigenvalue weighted by Crippen LogP contribution is -2.56. The maximum atomic E-state index is 14.0. The number of esters is 1. The van der Waals surface area contributed by atoms with Crippen LogP contribution in [-0.2, 0) is 27.2 Å². The van der Waals surface area contributed by atoms with E-state index in [-0.39, 0.29) is 17.8 Å². The standard InChI is InChI=1S/C31H45N5O5S/c1-3-41-29(38)31(24-8-5-4-6-9-24)15-18-35(19-16-31)28(37)27(20-23-11-13-26(40-2)14-12-23)36(42)30(39)33-17-7-10-25-21-32-22-34-25/h11-14,21-22,24,27,42H,3-10,15-20H2,1-2H3,(H,32,34)(H,33,39). The number of ether oxygens (including phenoxy) is 2. The Balaban J connectivity index is 1.45. The molecule has 11 heteroatoms. The van der Waals surface area contributed by atoms with Gasteiger partial charge in [-0.15, -0.1) is 0 Å². The van der Waals surface area contributed by atoms with Crippen molar-refractivity contribution in [2.75, 3.05) is 33.4 Å². The van der Waals surface area contributed by atoms with Crippen LogP contribution in [0.15, 0.2) is 36.8 Å². The minimum atomic E-state index is -0.820. The Kier molecular flexibility index (Phi) is 11.6. The molecule has 2 aromatic rings. The lowest BCUT2D eigenvalue weighted by atomic mass is 9.63. The molecule has 42 heavy (non-hydrogen) atoms. The van der Waals surface area contributed by atoms with Crippen LogP contribution < -0.4 is 10.1 Å². The van der Waals surface area contributed by atoms with Crippen LogP contribution in [0.2, 0.25) is 0 Å². The number of carbonyl (C=O) groups is 3. The number of hydrogen-bond donors (Lipinski definition) is 3. The van der Waals surface area contributed by atoms with Crippen LogP contribution in [0.1, 0.15) is 69.5 Å². The molecule has 1 aliphatic carbocycles. The van der Waals surface area contributed by atoms with E-state index in [0.29, 0.717) is 51.3 Å². The second-order valence-corrected chi connectivity index (χ2v) is 11.8. The number of rotatable bonds is 12. The second-order valence-electron chi connectivity index (χ2n) is 11.4. The number of carbonyl (C=O) groups excluding carboxylic acids is 3. The molecule has 1 aromatic heterocycles. The molecule has 2 fully saturated rings. The summed E-state index contributed by atoms with van der Waals surface area (Å²) in [6.07, 6.45) is 11.8. The van der Waals surface area contributed by atoms with Crippen molar-refractivity contribution >= 4 is 30.7 Å². The molecule has 3 amide bonds. The van der Waals surface area contributed by atoms with Crippen molar-refractivity contribution < 1.29 is 23.9 Å². The van der Waals surface area contributed by atoms with Gasteiger partial charge in [0.1, 0.15) is 11.8 Å². The first kappa shape index (κ1) is 31.7. The van der Waals surface area contributed by atoms with Gasteiger partial charge in [-0.2, -0.15) is 0 Å². The highest BCUT2D eigenvalue weighted by Gasteiger charge is 2.49. The summed E-state index contributed by atoms with van der Waals surface area (Å²) < 4.78 is 12.1. The molecule has 1 aromatic carbocycles. The number of imidazole rings is 1. The van der Waals surface area contributed by atoms with E-state index in [9.17, 15) is 14.4 Å². The van der Waals surface area contributed by atoms with E-state index in [1.165, 1.54) is 10.7 Å². The Bertz CT molecular complexity index is 1140. The van der Waals surface area contributed by atoms with Gasteiger partial charge in [0.2, 0.25) is 5.91 Å². The number of urea groups is 1. The highest BCUT2D eigenvalue weighted by Crippen LogP contribution is 2.47. The van der Waals surface area contributed by atoms with Gasteiger partial charge in [0.05, 0.1) is 25.5 Å². The van der Waals surface area contributed by atoms with E-state index in [4.69, 9.17) is 9.47 Å². The number of aromatic amines is 1. The molecule has 2 aliphatic rings. The number of nitrogens with zero attached hydrogens (tertiary/aromatic N) is 3. The lowest BCUT2D eigenvalue weighted by Gasteiger charge is -2.46. The van der Waals surface area contributed by atoms with Crippen LogP contribution in [0.5, 0.6) is 5.75 Å². The number of amides is 3. The molecule has 1 saturated heterocycles. The first-order valence-electron chi connectivity index (χ1n) is 15.2. The number of aromatic nitrogens is 2. The fraction of sp³-hybridized carbons (Fsp3) is 0.613. The van der Waals surface area contributed by atoms with Gasteiger partial charge in [-0.1, -0.05) is 44.2 Å². The molecule has 0 bridgehead atoms. The molecule has 230 valence electrons. The van der Waals surface area contributed by atoms with Gasteiger partial charge < -0.3 is 24.7 Å². The van der Waals surface area contributed by atoms with Crippen molar-refractivity contribution in [1.29, 1.82) is 0 Å². The van der Waals surface area contributed by atoms with Crippen molar-refractivity contribution in [2.24, 2.45) is 11.3 Å². The average molecular weight is 600 g/mol. The highest BCUT2D eigenvalue weighted by atomic mass is 32.1. The number of nitrogens with one attached hydrogen (secondary N) is 2. The van der Waals surface area contributed by atoms with Crippen molar-refractivity contribution in [3.05, 3.63) is 48.0 Å². The molecule has 1 unspecified atom stereocenters. The number of aryl methyl sites for hydroxylation is 1. The predicted molar refractivity (Wildman–Crippen MR) is 163 cm³/mol. The largest absolute Gasteiger partial charge is 0.497 e. The highest BCUT2D eigenvalue weighted by molar-refractivity contribution is 7.78. The molecule has 0 spiro atoms. The van der Waals surface area contributed by atoms with Crippen molar-refractivity contribution in [1.82, 2.24) is 24.5 Å². The molecule has 0 radical (unpaired) electrons. The first-order chi connectivity index (χ1) is 20.4. The Hall–Kier alpha value is -3.21. The number of hydrogen-bond acceptors (Lipinski definition) is 7. The number of benzene rings is 1. The Morgan fingerprint density at radius 1 is 1.17 bits per heavy atom. The zero-order chi connectivity index (χ0) is 30.0. The summed E-state index contributed by atoms with van der Waals surface area (Å²) >= 11 is 4.55. The summed E-state index contributed by atoms with van der Waals surface area (Å²) in [4.78, 5) is 49.4. The third-order valence-electron chi connectivity index (χ3n) is 8.87. The summed E-state index contributed by atoms with van der Waals surface area (Å²) in [5, 5.41) is 2.90. The summed E-state index contributed by atoms with van der Waals surface area (Å²) in [5.74, 6) is 0.707. The normalized spacial score (nSPS) is 17.7. The molecule has 4 rings (SSSR count). The van der Waals surface area contributed by atoms with E-state index in [1.54, 1.807) is 24.5 Å². The third-order valence-corrected chi connectivity index (χ3v) is 9.33. The van der Waals surface area contributed by atoms with Gasteiger partial charge in [-0.05, 0) is 69.1 Å². The van der Waals surface area contributed by atoms with Gasteiger partial charge in [-0.25, -0.2) is 9.78 Å². The van der Waals surface area contributed by atoms with E-state index < -0.39 is 17.5 Å². The van der Waals surface area contributed by atoms with Crippen LogP contribution in [0, 0.1) is 11.3 Å². The molecule has 1 saturated carbocycles. The number of methoxy groups -OCH3 is 1. The maximum Gasteiger partial charge on any atom is 0.327 e. The number of piperidine rings is 1. The Morgan fingerprint density at radius 2 is 1.88 bits per heavy atom. The molecule has 2 N–H and O–H groups in total. The van der Waals surface area contributed by atoms with Gasteiger partial charge in [0, 0.05) is 37.9 Å². The van der Waals surface area contributed by atoms with E-state index in [0.717, 1.165) is 49.8 Å². The van der Waals surface area contributed by atoms with E-state index >= 15 is 0 Å². The number of H-pyrrole nitrogens is 1. The van der Waals surface area contributed by atoms with Crippen LogP contribution in [0.4, 0.5) is 4.79 Å². The zero-order valence-corrected chi connectivity index (χ0v) is 25.7. The average Bonchev–Trinajstić information content (AvgIpc) is 3.56. The summed E-state index contributed by atoms with van der Waals surface area (Å²) in [6, 6.07) is 6.23. The molecular weight excluding hydrogens is 554 g/mol.